The molecule has 1 aromatic heterocycles. The molecule has 1 aromatic rings. The van der Waals surface area contributed by atoms with Crippen LogP contribution in [-0.4, -0.2) is 51.5 Å². The topological polar surface area (TPSA) is 105 Å². The number of hydrogen-bond donors (Lipinski definition) is 2. The normalized spacial score (nSPS) is 19.4. The first kappa shape index (κ1) is 13.6. The minimum Gasteiger partial charge on any atom is -0.465 e. The van der Waals surface area contributed by atoms with Crippen LogP contribution in [0.1, 0.15) is 0 Å². The second-order valence-electron chi connectivity index (χ2n) is 4.09. The van der Waals surface area contributed by atoms with Crippen LogP contribution < -0.4 is 11.2 Å². The fraction of sp³-hybridized carbons (Fsp3) is 0.500. The lowest BCUT2D eigenvalue weighted by Gasteiger charge is -2.31. The van der Waals surface area contributed by atoms with Crippen LogP contribution in [0.3, 0.4) is 0 Å². The Kier molecular flexibility index (Phi) is 3.91. The summed E-state index contributed by atoms with van der Waals surface area (Å²) in [5, 5.41) is 8.89. The van der Waals surface area contributed by atoms with Crippen molar-refractivity contribution in [3.8, 4) is 0 Å². The van der Waals surface area contributed by atoms with Crippen molar-refractivity contribution in [2.75, 3.05) is 19.7 Å². The summed E-state index contributed by atoms with van der Waals surface area (Å²) < 4.78 is 6.53. The number of H-pyrrole nitrogens is 1. The molecule has 1 amide bonds. The van der Waals surface area contributed by atoms with Crippen molar-refractivity contribution >= 4 is 17.7 Å². The van der Waals surface area contributed by atoms with Crippen LogP contribution in [0, 0.1) is 0 Å². The first-order chi connectivity index (χ1) is 8.97. The van der Waals surface area contributed by atoms with E-state index < -0.39 is 23.4 Å². The average Bonchev–Trinajstić information content (AvgIpc) is 2.34. The quantitative estimate of drug-likeness (QED) is 0.719. The second-order valence-corrected chi connectivity index (χ2v) is 4.48. The van der Waals surface area contributed by atoms with E-state index in [1.54, 1.807) is 0 Å². The van der Waals surface area contributed by atoms with Gasteiger partial charge in [-0.1, -0.05) is 11.6 Å². The Balaban J connectivity index is 2.15. The summed E-state index contributed by atoms with van der Waals surface area (Å²) >= 11 is 5.81. The number of nitrogens with zero attached hydrogens (tertiary/aromatic N) is 2. The highest BCUT2D eigenvalue weighted by Crippen LogP contribution is 2.09. The number of nitrogens with one attached hydrogen (secondary N) is 1. The number of aromatic amines is 1. The van der Waals surface area contributed by atoms with Crippen molar-refractivity contribution in [1.29, 1.82) is 0 Å². The van der Waals surface area contributed by atoms with Gasteiger partial charge < -0.3 is 14.7 Å². The van der Waals surface area contributed by atoms with Gasteiger partial charge in [0.1, 0.15) is 5.15 Å². The fourth-order valence-electron chi connectivity index (χ4n) is 1.87. The minimum atomic E-state index is -1.03. The highest BCUT2D eigenvalue weighted by Gasteiger charge is 2.24. The van der Waals surface area contributed by atoms with Gasteiger partial charge in [-0.25, -0.2) is 9.59 Å². The highest BCUT2D eigenvalue weighted by atomic mass is 35.5. The smallest absolute Gasteiger partial charge is 0.407 e. The van der Waals surface area contributed by atoms with Crippen LogP contribution in [0.4, 0.5) is 4.79 Å². The van der Waals surface area contributed by atoms with Crippen molar-refractivity contribution in [1.82, 2.24) is 14.5 Å². The maximum absolute atomic E-state index is 11.6. The van der Waals surface area contributed by atoms with E-state index in [4.69, 9.17) is 21.4 Å². The van der Waals surface area contributed by atoms with E-state index in [1.807, 2.05) is 0 Å². The van der Waals surface area contributed by atoms with Crippen molar-refractivity contribution < 1.29 is 14.6 Å². The lowest BCUT2D eigenvalue weighted by molar-refractivity contribution is -0.0298. The number of carbonyl (C=O) groups is 1. The van der Waals surface area contributed by atoms with Gasteiger partial charge in [-0.3, -0.25) is 14.3 Å². The van der Waals surface area contributed by atoms with Gasteiger partial charge in [0.15, 0.2) is 0 Å². The van der Waals surface area contributed by atoms with E-state index in [1.165, 1.54) is 4.90 Å². The molecule has 0 aliphatic carbocycles. The molecule has 1 saturated heterocycles. The molecule has 1 aliphatic rings. The van der Waals surface area contributed by atoms with Gasteiger partial charge in [-0.2, -0.15) is 0 Å². The SMILES string of the molecule is O=C(O)N1CCO[C@@H](Cn2c(Cl)cc(=O)[nH]c2=O)C1. The second kappa shape index (κ2) is 5.45. The molecular weight excluding hydrogens is 278 g/mol. The number of morpholine rings is 1. The molecule has 0 bridgehead atoms. The van der Waals surface area contributed by atoms with Crippen LogP contribution in [0.5, 0.6) is 0 Å². The maximum atomic E-state index is 11.6. The predicted molar refractivity (Wildman–Crippen MR) is 65.7 cm³/mol. The number of carboxylic acid groups (broad SMARTS) is 1. The summed E-state index contributed by atoms with van der Waals surface area (Å²) in [6, 6.07) is 1.08. The van der Waals surface area contributed by atoms with Crippen LogP contribution in [-0.2, 0) is 11.3 Å². The van der Waals surface area contributed by atoms with E-state index >= 15 is 0 Å². The van der Waals surface area contributed by atoms with Crippen molar-refractivity contribution in [3.63, 3.8) is 0 Å². The van der Waals surface area contributed by atoms with Crippen molar-refractivity contribution in [2.45, 2.75) is 12.6 Å². The van der Waals surface area contributed by atoms with Gasteiger partial charge in [-0.15, -0.1) is 0 Å². The zero-order valence-corrected chi connectivity index (χ0v) is 10.6. The summed E-state index contributed by atoms with van der Waals surface area (Å²) in [5.74, 6) is 0. The van der Waals surface area contributed by atoms with Gasteiger partial charge in [0.2, 0.25) is 0 Å². The number of amides is 1. The number of halogens is 1. The monoisotopic (exact) mass is 289 g/mol. The molecule has 9 heteroatoms. The van der Waals surface area contributed by atoms with E-state index in [0.29, 0.717) is 6.54 Å². The Hall–Kier alpha value is -1.80. The zero-order chi connectivity index (χ0) is 14.0. The van der Waals surface area contributed by atoms with Gasteiger partial charge in [0, 0.05) is 12.6 Å². The van der Waals surface area contributed by atoms with E-state index in [9.17, 15) is 14.4 Å². The Bertz CT molecular complexity index is 596. The first-order valence-corrected chi connectivity index (χ1v) is 5.94. The lowest BCUT2D eigenvalue weighted by Crippen LogP contribution is -2.47. The van der Waals surface area contributed by atoms with Gasteiger partial charge >= 0.3 is 11.8 Å². The molecule has 19 heavy (non-hydrogen) atoms. The fourth-order valence-corrected chi connectivity index (χ4v) is 2.11. The van der Waals surface area contributed by atoms with Crippen LogP contribution >= 0.6 is 11.6 Å². The van der Waals surface area contributed by atoms with E-state index in [0.717, 1.165) is 10.6 Å². The molecule has 104 valence electrons. The Morgan fingerprint density at radius 3 is 2.95 bits per heavy atom. The largest absolute Gasteiger partial charge is 0.465 e. The van der Waals surface area contributed by atoms with Crippen molar-refractivity contribution in [3.05, 3.63) is 32.1 Å². The molecule has 0 radical (unpaired) electrons. The zero-order valence-electron chi connectivity index (χ0n) is 9.84. The Morgan fingerprint density at radius 1 is 1.58 bits per heavy atom. The molecule has 0 saturated carbocycles. The average molecular weight is 290 g/mol. The predicted octanol–water partition coefficient (Wildman–Crippen LogP) is -0.431. The molecule has 2 N–H and O–H groups in total. The summed E-state index contributed by atoms with van der Waals surface area (Å²) in [4.78, 5) is 36.8. The number of rotatable bonds is 2. The maximum Gasteiger partial charge on any atom is 0.407 e. The van der Waals surface area contributed by atoms with Gasteiger partial charge in [0.05, 0.1) is 25.8 Å². The summed E-state index contributed by atoms with van der Waals surface area (Å²) in [7, 11) is 0. The van der Waals surface area contributed by atoms with Gasteiger partial charge in [-0.05, 0) is 0 Å². The molecule has 1 atom stereocenters. The summed E-state index contributed by atoms with van der Waals surface area (Å²) in [6.07, 6.45) is -1.51. The van der Waals surface area contributed by atoms with Crippen LogP contribution in [0.25, 0.3) is 0 Å². The molecule has 0 unspecified atom stereocenters. The molecule has 0 aromatic carbocycles. The molecule has 1 fully saturated rings. The summed E-state index contributed by atoms with van der Waals surface area (Å²) in [6.45, 7) is 0.780. The first-order valence-electron chi connectivity index (χ1n) is 5.56. The number of hydrogen-bond acceptors (Lipinski definition) is 4. The van der Waals surface area contributed by atoms with Crippen LogP contribution in [0.15, 0.2) is 15.7 Å². The third kappa shape index (κ3) is 3.15. The molecule has 0 spiro atoms. The van der Waals surface area contributed by atoms with E-state index in [2.05, 4.69) is 4.98 Å². The van der Waals surface area contributed by atoms with E-state index in [-0.39, 0.29) is 24.8 Å². The van der Waals surface area contributed by atoms with Crippen molar-refractivity contribution in [2.24, 2.45) is 0 Å². The Morgan fingerprint density at radius 2 is 2.32 bits per heavy atom. The highest BCUT2D eigenvalue weighted by molar-refractivity contribution is 6.29. The lowest BCUT2D eigenvalue weighted by atomic mass is 10.3. The van der Waals surface area contributed by atoms with Crippen LogP contribution in [0.2, 0.25) is 5.15 Å². The molecular formula is C10H12ClN3O5. The molecule has 8 nitrogen and oxygen atoms in total. The third-order valence-electron chi connectivity index (χ3n) is 2.78. The molecule has 1 aliphatic heterocycles. The standard InChI is InChI=1S/C10H12ClN3O5/c11-7-3-8(15)12-9(16)14(7)5-6-4-13(10(17)18)1-2-19-6/h3,6H,1-2,4-5H2,(H,17,18)(H,12,15,16)/t6-/m1/s1. The number of ether oxygens (including phenoxy) is 1. The van der Waals surface area contributed by atoms with Gasteiger partial charge in [0.25, 0.3) is 5.56 Å². The summed E-state index contributed by atoms with van der Waals surface area (Å²) in [5.41, 5.74) is -1.23. The Labute approximate surface area is 112 Å². The molecule has 2 rings (SSSR count). The number of aromatic nitrogens is 2. The molecule has 2 heterocycles. The minimum absolute atomic E-state index is 0.00945. The third-order valence-corrected chi connectivity index (χ3v) is 3.09.